The van der Waals surface area contributed by atoms with Gasteiger partial charge in [0.05, 0.1) is 9.85 Å². The van der Waals surface area contributed by atoms with Crippen LogP contribution in [0.25, 0.3) is 0 Å². The highest BCUT2D eigenvalue weighted by molar-refractivity contribution is 8.76. The molecule has 0 aliphatic heterocycles. The largest absolute Gasteiger partial charge is 0.410 e. The van der Waals surface area contributed by atoms with Crippen LogP contribution in [0.5, 0.6) is 0 Å². The predicted molar refractivity (Wildman–Crippen MR) is 143 cm³/mol. The number of hydrogen-bond donors (Lipinski definition) is 4. The second-order valence-electron chi connectivity index (χ2n) is 7.45. The number of oxime groups is 2. The number of nitrogens with zero attached hydrogens (tertiary/aromatic N) is 4. The van der Waals surface area contributed by atoms with Crippen LogP contribution >= 0.6 is 21.6 Å². The lowest BCUT2D eigenvalue weighted by molar-refractivity contribution is -0.385. The standard InChI is InChI=1S/C22H24N6O8S2/c29-21(19(25-31)13-15-1-5-17(6-2-15)27(33)34)23-9-11-37-38-12-10-24-22(30)20(26-32)14-16-3-7-18(8-4-16)28(35)36/h1-8,31-32H,9-14H2,(H,23,29)(H,24,30)/b25-19-,26-20+. The summed E-state index contributed by atoms with van der Waals surface area (Å²) in [6, 6.07) is 11.1. The van der Waals surface area contributed by atoms with Crippen LogP contribution < -0.4 is 10.6 Å². The molecule has 2 rings (SSSR count). The third-order valence-corrected chi connectivity index (χ3v) is 7.24. The first-order chi connectivity index (χ1) is 18.2. The molecule has 0 heterocycles. The van der Waals surface area contributed by atoms with Crippen molar-refractivity contribution in [1.82, 2.24) is 10.6 Å². The van der Waals surface area contributed by atoms with Crippen molar-refractivity contribution >= 4 is 56.2 Å². The van der Waals surface area contributed by atoms with E-state index in [0.29, 0.717) is 35.7 Å². The molecule has 2 amide bonds. The van der Waals surface area contributed by atoms with Gasteiger partial charge in [0.25, 0.3) is 23.2 Å². The van der Waals surface area contributed by atoms with Crippen LogP contribution in [0, 0.1) is 20.2 Å². The molecule has 202 valence electrons. The fourth-order valence-electron chi connectivity index (χ4n) is 2.91. The molecule has 16 heteroatoms. The Morgan fingerprint density at radius 2 is 1.05 bits per heavy atom. The number of nitrogens with one attached hydrogen (secondary N) is 2. The van der Waals surface area contributed by atoms with E-state index in [1.807, 2.05) is 0 Å². The second kappa shape index (κ2) is 15.8. The molecule has 0 aliphatic carbocycles. The highest BCUT2D eigenvalue weighted by Gasteiger charge is 2.15. The predicted octanol–water partition coefficient (Wildman–Crippen LogP) is 2.56. The molecule has 0 aliphatic rings. The molecule has 0 radical (unpaired) electrons. The first kappa shape index (κ1) is 30.0. The van der Waals surface area contributed by atoms with E-state index in [1.165, 1.54) is 70.1 Å². The van der Waals surface area contributed by atoms with Gasteiger partial charge in [0.2, 0.25) is 0 Å². The van der Waals surface area contributed by atoms with Crippen molar-refractivity contribution in [1.29, 1.82) is 0 Å². The molecule has 0 bridgehead atoms. The Bertz CT molecular complexity index is 1100. The molecule has 0 atom stereocenters. The Morgan fingerprint density at radius 1 is 0.711 bits per heavy atom. The maximum absolute atomic E-state index is 12.2. The summed E-state index contributed by atoms with van der Waals surface area (Å²) in [5, 5.41) is 51.0. The quantitative estimate of drug-likeness (QED) is 0.0620. The molecular weight excluding hydrogens is 540 g/mol. The van der Waals surface area contributed by atoms with Crippen molar-refractivity contribution < 1.29 is 29.9 Å². The zero-order valence-electron chi connectivity index (χ0n) is 19.8. The van der Waals surface area contributed by atoms with Crippen molar-refractivity contribution in [3.63, 3.8) is 0 Å². The SMILES string of the molecule is O=C(NCCSSCCNC(=O)/C(Cc1ccc([N+](=O)[O-])cc1)=N/O)/C(Cc1ccc([N+](=O)[O-])cc1)=N\O. The zero-order valence-corrected chi connectivity index (χ0v) is 21.4. The van der Waals surface area contributed by atoms with E-state index in [2.05, 4.69) is 20.9 Å². The van der Waals surface area contributed by atoms with E-state index >= 15 is 0 Å². The minimum Gasteiger partial charge on any atom is -0.410 e. The lowest BCUT2D eigenvalue weighted by atomic mass is 10.1. The van der Waals surface area contributed by atoms with Gasteiger partial charge >= 0.3 is 0 Å². The Balaban J connectivity index is 1.62. The molecule has 0 unspecified atom stereocenters. The number of nitro benzene ring substituents is 2. The number of non-ortho nitro benzene ring substituents is 2. The van der Waals surface area contributed by atoms with E-state index in [9.17, 15) is 29.8 Å². The first-order valence-corrected chi connectivity index (χ1v) is 13.4. The molecule has 4 N–H and O–H groups in total. The molecule has 0 spiro atoms. The number of carbonyl (C=O) groups is 2. The number of amides is 2. The fourth-order valence-corrected chi connectivity index (χ4v) is 4.73. The normalized spacial score (nSPS) is 11.6. The van der Waals surface area contributed by atoms with Gasteiger partial charge in [-0.15, -0.1) is 0 Å². The van der Waals surface area contributed by atoms with Gasteiger partial charge in [-0.1, -0.05) is 56.2 Å². The van der Waals surface area contributed by atoms with Crippen LogP contribution in [-0.2, 0) is 22.4 Å². The summed E-state index contributed by atoms with van der Waals surface area (Å²) in [6.45, 7) is 0.581. The van der Waals surface area contributed by atoms with Crippen LogP contribution in [0.1, 0.15) is 11.1 Å². The smallest absolute Gasteiger partial charge is 0.269 e. The lowest BCUT2D eigenvalue weighted by Crippen LogP contribution is -2.34. The molecule has 38 heavy (non-hydrogen) atoms. The number of benzene rings is 2. The zero-order chi connectivity index (χ0) is 27.9. The summed E-state index contributed by atoms with van der Waals surface area (Å²) in [5.74, 6) is -0.0612. The van der Waals surface area contributed by atoms with Crippen molar-refractivity contribution in [2.75, 3.05) is 24.6 Å². The molecular formula is C22H24N6O8S2. The maximum atomic E-state index is 12.2. The Hall–Kier alpha value is -4.18. The van der Waals surface area contributed by atoms with E-state index in [4.69, 9.17) is 10.4 Å². The molecule has 2 aromatic carbocycles. The highest BCUT2D eigenvalue weighted by atomic mass is 33.1. The van der Waals surface area contributed by atoms with Crippen LogP contribution in [0.2, 0.25) is 0 Å². The molecule has 2 aromatic rings. The summed E-state index contributed by atoms with van der Waals surface area (Å²) < 4.78 is 0. The number of hydrogen-bond acceptors (Lipinski definition) is 12. The summed E-state index contributed by atoms with van der Waals surface area (Å²) in [6.07, 6.45) is 0.0104. The number of nitro groups is 2. The van der Waals surface area contributed by atoms with Gasteiger partial charge in [-0.3, -0.25) is 29.8 Å². The van der Waals surface area contributed by atoms with Gasteiger partial charge in [0, 0.05) is 61.7 Å². The van der Waals surface area contributed by atoms with E-state index < -0.39 is 21.7 Å². The van der Waals surface area contributed by atoms with Crippen LogP contribution in [0.4, 0.5) is 11.4 Å². The maximum Gasteiger partial charge on any atom is 0.269 e. The summed E-state index contributed by atoms with van der Waals surface area (Å²) in [5.41, 5.74) is 0.724. The average molecular weight is 565 g/mol. The van der Waals surface area contributed by atoms with Crippen LogP contribution in [0.15, 0.2) is 58.8 Å². The minimum absolute atomic E-state index is 0.00520. The molecule has 14 nitrogen and oxygen atoms in total. The van der Waals surface area contributed by atoms with Gasteiger partial charge in [-0.05, 0) is 11.1 Å². The fraction of sp³-hybridized carbons (Fsp3) is 0.273. The summed E-state index contributed by atoms with van der Waals surface area (Å²) in [4.78, 5) is 44.7. The topological polar surface area (TPSA) is 210 Å². The minimum atomic E-state index is -0.562. The highest BCUT2D eigenvalue weighted by Crippen LogP contribution is 2.19. The molecule has 0 fully saturated rings. The Labute approximate surface area is 224 Å². The van der Waals surface area contributed by atoms with Crippen LogP contribution in [-0.4, -0.2) is 68.1 Å². The van der Waals surface area contributed by atoms with Crippen molar-refractivity contribution in [2.45, 2.75) is 12.8 Å². The van der Waals surface area contributed by atoms with Gasteiger partial charge in [0.1, 0.15) is 11.4 Å². The van der Waals surface area contributed by atoms with Crippen molar-refractivity contribution in [2.24, 2.45) is 10.3 Å². The van der Waals surface area contributed by atoms with Crippen molar-refractivity contribution in [3.8, 4) is 0 Å². The first-order valence-electron chi connectivity index (χ1n) is 10.9. The van der Waals surface area contributed by atoms with Crippen molar-refractivity contribution in [3.05, 3.63) is 79.9 Å². The Morgan fingerprint density at radius 3 is 1.34 bits per heavy atom. The van der Waals surface area contributed by atoms with E-state index in [1.54, 1.807) is 0 Å². The number of carbonyl (C=O) groups excluding carboxylic acids is 2. The van der Waals surface area contributed by atoms with Gasteiger partial charge < -0.3 is 21.0 Å². The number of rotatable bonds is 15. The molecule has 0 aromatic heterocycles. The Kier molecular flexibility index (Phi) is 12.5. The third kappa shape index (κ3) is 10.1. The average Bonchev–Trinajstić information content (AvgIpc) is 2.91. The van der Waals surface area contributed by atoms with Gasteiger partial charge in [0.15, 0.2) is 0 Å². The summed E-state index contributed by atoms with van der Waals surface area (Å²) >= 11 is 0. The third-order valence-electron chi connectivity index (χ3n) is 4.83. The van der Waals surface area contributed by atoms with E-state index in [-0.39, 0.29) is 35.6 Å². The lowest BCUT2D eigenvalue weighted by Gasteiger charge is -2.08. The molecule has 0 saturated heterocycles. The van der Waals surface area contributed by atoms with Gasteiger partial charge in [-0.2, -0.15) is 0 Å². The van der Waals surface area contributed by atoms with Gasteiger partial charge in [-0.25, -0.2) is 0 Å². The second-order valence-corrected chi connectivity index (χ2v) is 10.2. The van der Waals surface area contributed by atoms with Crippen LogP contribution in [0.3, 0.4) is 0 Å². The molecule has 0 saturated carbocycles. The monoisotopic (exact) mass is 564 g/mol. The summed E-state index contributed by atoms with van der Waals surface area (Å²) in [7, 11) is 2.89. The van der Waals surface area contributed by atoms with E-state index in [0.717, 1.165) is 0 Å².